The number of hydrogen-bond acceptors (Lipinski definition) is 2. The van der Waals surface area contributed by atoms with E-state index < -0.39 is 11.5 Å². The van der Waals surface area contributed by atoms with E-state index >= 15 is 0 Å². The maximum absolute atomic E-state index is 11.7. The van der Waals surface area contributed by atoms with Crippen LogP contribution in [0, 0.1) is 0 Å². The van der Waals surface area contributed by atoms with Crippen molar-refractivity contribution >= 4 is 12.0 Å². The van der Waals surface area contributed by atoms with Crippen molar-refractivity contribution in [3.05, 3.63) is 0 Å². The van der Waals surface area contributed by atoms with Crippen LogP contribution in [-0.2, 0) is 4.79 Å². The van der Waals surface area contributed by atoms with Gasteiger partial charge in [0.1, 0.15) is 5.54 Å². The van der Waals surface area contributed by atoms with Gasteiger partial charge in [-0.25, -0.2) is 9.59 Å². The first kappa shape index (κ1) is 11.2. The third-order valence-electron chi connectivity index (χ3n) is 3.88. The molecule has 2 rings (SSSR count). The number of carboxylic acid groups (broad SMARTS) is 1. The second kappa shape index (κ2) is 3.64. The molecule has 0 heterocycles. The van der Waals surface area contributed by atoms with Crippen LogP contribution in [0.4, 0.5) is 4.79 Å². The molecule has 0 aromatic carbocycles. The molecule has 0 radical (unpaired) electrons. The van der Waals surface area contributed by atoms with Crippen LogP contribution in [0.25, 0.3) is 0 Å². The highest BCUT2D eigenvalue weighted by Crippen LogP contribution is 2.37. The Kier molecular flexibility index (Phi) is 2.56. The third-order valence-corrected chi connectivity index (χ3v) is 3.88. The highest BCUT2D eigenvalue weighted by Gasteiger charge is 2.52. The Balaban J connectivity index is 1.87. The first-order valence-electron chi connectivity index (χ1n) is 5.86. The Morgan fingerprint density at radius 1 is 1.19 bits per heavy atom. The number of carboxylic acids is 1. The lowest BCUT2D eigenvalue weighted by atomic mass is 9.75. The molecule has 5 heteroatoms. The van der Waals surface area contributed by atoms with Gasteiger partial charge in [0.15, 0.2) is 0 Å². The van der Waals surface area contributed by atoms with Crippen LogP contribution in [0.2, 0.25) is 0 Å². The van der Waals surface area contributed by atoms with Gasteiger partial charge < -0.3 is 15.7 Å². The van der Waals surface area contributed by atoms with E-state index in [9.17, 15) is 9.59 Å². The Labute approximate surface area is 94.6 Å². The van der Waals surface area contributed by atoms with Crippen LogP contribution in [0.3, 0.4) is 0 Å². The predicted molar refractivity (Wildman–Crippen MR) is 58.1 cm³/mol. The normalized spacial score (nSPS) is 24.1. The molecule has 0 aromatic heterocycles. The molecular weight excluding hydrogens is 208 g/mol. The summed E-state index contributed by atoms with van der Waals surface area (Å²) in [5.41, 5.74) is -1.07. The van der Waals surface area contributed by atoms with E-state index in [2.05, 4.69) is 10.6 Å². The van der Waals surface area contributed by atoms with Crippen molar-refractivity contribution in [1.82, 2.24) is 10.6 Å². The van der Waals surface area contributed by atoms with Crippen molar-refractivity contribution < 1.29 is 14.7 Å². The summed E-state index contributed by atoms with van der Waals surface area (Å²) in [7, 11) is 0. The topological polar surface area (TPSA) is 78.4 Å². The lowest BCUT2D eigenvalue weighted by molar-refractivity contribution is -0.140. The van der Waals surface area contributed by atoms with Crippen molar-refractivity contribution in [2.24, 2.45) is 0 Å². The molecule has 0 unspecified atom stereocenters. The van der Waals surface area contributed by atoms with Gasteiger partial charge in [0.05, 0.1) is 0 Å². The maximum Gasteiger partial charge on any atom is 0.329 e. The minimum atomic E-state index is -0.983. The molecule has 2 amide bonds. The van der Waals surface area contributed by atoms with Crippen molar-refractivity contribution in [3.63, 3.8) is 0 Å². The zero-order valence-electron chi connectivity index (χ0n) is 9.51. The average molecular weight is 226 g/mol. The largest absolute Gasteiger partial charge is 0.480 e. The summed E-state index contributed by atoms with van der Waals surface area (Å²) in [6.45, 7) is 2.05. The van der Waals surface area contributed by atoms with Gasteiger partial charge in [-0.1, -0.05) is 6.92 Å². The van der Waals surface area contributed by atoms with Gasteiger partial charge in [0.2, 0.25) is 0 Å². The first-order valence-corrected chi connectivity index (χ1v) is 5.86. The quantitative estimate of drug-likeness (QED) is 0.674. The van der Waals surface area contributed by atoms with Crippen LogP contribution >= 0.6 is 0 Å². The molecule has 0 atom stereocenters. The van der Waals surface area contributed by atoms with E-state index in [1.807, 2.05) is 6.92 Å². The smallest absolute Gasteiger partial charge is 0.329 e. The number of carbonyl (C=O) groups is 2. The molecule has 0 aromatic rings. The fraction of sp³-hybridized carbons (Fsp3) is 0.818. The van der Waals surface area contributed by atoms with Gasteiger partial charge in [0.25, 0.3) is 0 Å². The Morgan fingerprint density at radius 3 is 2.12 bits per heavy atom. The van der Waals surface area contributed by atoms with Crippen LogP contribution in [-0.4, -0.2) is 28.2 Å². The van der Waals surface area contributed by atoms with E-state index in [0.29, 0.717) is 12.8 Å². The van der Waals surface area contributed by atoms with Crippen molar-refractivity contribution in [3.8, 4) is 0 Å². The fourth-order valence-corrected chi connectivity index (χ4v) is 2.18. The SMILES string of the molecule is CCC1(NC(=O)NC2(C(=O)O)CC2)CCC1. The molecule has 2 fully saturated rings. The Morgan fingerprint density at radius 2 is 1.81 bits per heavy atom. The summed E-state index contributed by atoms with van der Waals surface area (Å²) in [6.07, 6.45) is 5.11. The van der Waals surface area contributed by atoms with Crippen molar-refractivity contribution in [2.45, 2.75) is 56.5 Å². The highest BCUT2D eigenvalue weighted by atomic mass is 16.4. The standard InChI is InChI=1S/C11H18N2O3/c1-2-10(4-3-5-10)12-9(16)13-11(6-7-11)8(14)15/h2-7H2,1H3,(H,14,15)(H2,12,13,16). The van der Waals surface area contributed by atoms with Gasteiger partial charge in [-0.3, -0.25) is 0 Å². The van der Waals surface area contributed by atoms with Crippen LogP contribution < -0.4 is 10.6 Å². The molecule has 0 aliphatic heterocycles. The van der Waals surface area contributed by atoms with Crippen molar-refractivity contribution in [2.75, 3.05) is 0 Å². The van der Waals surface area contributed by atoms with E-state index in [1.54, 1.807) is 0 Å². The zero-order valence-corrected chi connectivity index (χ0v) is 9.51. The summed E-state index contributed by atoms with van der Waals surface area (Å²) in [6, 6.07) is -0.332. The van der Waals surface area contributed by atoms with Gasteiger partial charge in [-0.15, -0.1) is 0 Å². The molecule has 2 saturated carbocycles. The molecular formula is C11H18N2O3. The molecule has 2 aliphatic carbocycles. The molecule has 16 heavy (non-hydrogen) atoms. The molecule has 5 nitrogen and oxygen atoms in total. The Bertz CT molecular complexity index is 314. The van der Waals surface area contributed by atoms with E-state index in [0.717, 1.165) is 25.7 Å². The van der Waals surface area contributed by atoms with Gasteiger partial charge in [-0.2, -0.15) is 0 Å². The minimum absolute atomic E-state index is 0.0847. The number of aliphatic carboxylic acids is 1. The molecule has 0 spiro atoms. The van der Waals surface area contributed by atoms with E-state index in [1.165, 1.54) is 0 Å². The van der Waals surface area contributed by atoms with E-state index in [4.69, 9.17) is 5.11 Å². The molecule has 3 N–H and O–H groups in total. The Hall–Kier alpha value is -1.26. The second-order valence-corrected chi connectivity index (χ2v) is 4.95. The second-order valence-electron chi connectivity index (χ2n) is 4.95. The molecule has 2 aliphatic rings. The number of carbonyl (C=O) groups excluding carboxylic acids is 1. The summed E-state index contributed by atoms with van der Waals surface area (Å²) in [4.78, 5) is 22.6. The number of amides is 2. The predicted octanol–water partition coefficient (Wildman–Crippen LogP) is 1.24. The van der Waals surface area contributed by atoms with Crippen molar-refractivity contribution in [1.29, 1.82) is 0 Å². The van der Waals surface area contributed by atoms with Gasteiger partial charge in [-0.05, 0) is 38.5 Å². The number of nitrogens with one attached hydrogen (secondary N) is 2. The number of hydrogen-bond donors (Lipinski definition) is 3. The summed E-state index contributed by atoms with van der Waals surface area (Å²) >= 11 is 0. The summed E-state index contributed by atoms with van der Waals surface area (Å²) in [5, 5.41) is 14.4. The summed E-state index contributed by atoms with van der Waals surface area (Å²) < 4.78 is 0. The summed E-state index contributed by atoms with van der Waals surface area (Å²) in [5.74, 6) is -0.929. The average Bonchev–Trinajstić information content (AvgIpc) is 2.92. The van der Waals surface area contributed by atoms with Crippen LogP contribution in [0.1, 0.15) is 45.4 Å². The molecule has 0 saturated heterocycles. The van der Waals surface area contributed by atoms with Gasteiger partial charge >= 0.3 is 12.0 Å². The molecule has 0 bridgehead atoms. The number of rotatable bonds is 4. The van der Waals surface area contributed by atoms with Gasteiger partial charge in [0, 0.05) is 5.54 Å². The third kappa shape index (κ3) is 1.86. The minimum Gasteiger partial charge on any atom is -0.480 e. The zero-order chi connectivity index (χ0) is 11.8. The van der Waals surface area contributed by atoms with Crippen LogP contribution in [0.5, 0.6) is 0 Å². The van der Waals surface area contributed by atoms with E-state index in [-0.39, 0.29) is 11.6 Å². The highest BCUT2D eigenvalue weighted by molar-refractivity contribution is 5.89. The van der Waals surface area contributed by atoms with Crippen LogP contribution in [0.15, 0.2) is 0 Å². The first-order chi connectivity index (χ1) is 7.52. The lowest BCUT2D eigenvalue weighted by Gasteiger charge is -2.42. The molecule has 90 valence electrons. The lowest BCUT2D eigenvalue weighted by Crippen LogP contribution is -2.58. The monoisotopic (exact) mass is 226 g/mol. The number of urea groups is 1. The fourth-order valence-electron chi connectivity index (χ4n) is 2.18. The maximum atomic E-state index is 11.7.